The third kappa shape index (κ3) is 8.36. The van der Waals surface area contributed by atoms with Gasteiger partial charge in [-0.3, -0.25) is 14.5 Å². The molecule has 2 aromatic carbocycles. The van der Waals surface area contributed by atoms with Crippen LogP contribution < -0.4 is 5.32 Å². The second-order valence-corrected chi connectivity index (χ2v) is 11.6. The van der Waals surface area contributed by atoms with Gasteiger partial charge in [-0.25, -0.2) is 0 Å². The Kier molecular flexibility index (Phi) is 10.4. The highest BCUT2D eigenvalue weighted by Gasteiger charge is 2.36. The van der Waals surface area contributed by atoms with Gasteiger partial charge >= 0.3 is 5.97 Å². The van der Waals surface area contributed by atoms with Gasteiger partial charge in [0.1, 0.15) is 0 Å². The quantitative estimate of drug-likeness (QED) is 0.346. The Labute approximate surface area is 242 Å². The molecular weight excluding hydrogens is 522 g/mol. The maximum atomic E-state index is 12.4. The lowest BCUT2D eigenvalue weighted by atomic mass is 9.99. The third-order valence-corrected chi connectivity index (χ3v) is 8.46. The van der Waals surface area contributed by atoms with Crippen molar-refractivity contribution in [3.63, 3.8) is 0 Å². The Bertz CT molecular complexity index is 1150. The van der Waals surface area contributed by atoms with Gasteiger partial charge in [0.25, 0.3) is 0 Å². The number of likely N-dealkylation sites (tertiary alicyclic amines) is 2. The van der Waals surface area contributed by atoms with E-state index in [9.17, 15) is 14.7 Å². The van der Waals surface area contributed by atoms with E-state index in [1.54, 1.807) is 0 Å². The van der Waals surface area contributed by atoms with E-state index >= 15 is 0 Å². The molecule has 0 spiro atoms. The predicted molar refractivity (Wildman–Crippen MR) is 155 cm³/mol. The van der Waals surface area contributed by atoms with E-state index in [2.05, 4.69) is 15.1 Å². The molecule has 1 amide bonds. The fourth-order valence-corrected chi connectivity index (χ4v) is 6.29. The predicted octanol–water partition coefficient (Wildman–Crippen LogP) is 4.48. The van der Waals surface area contributed by atoms with Crippen molar-refractivity contribution in [3.05, 3.63) is 65.2 Å². The van der Waals surface area contributed by atoms with Crippen molar-refractivity contribution < 1.29 is 29.3 Å². The lowest BCUT2D eigenvalue weighted by Crippen LogP contribution is -2.45. The Morgan fingerprint density at radius 3 is 2.49 bits per heavy atom. The van der Waals surface area contributed by atoms with Crippen LogP contribution in [0.1, 0.15) is 80.5 Å². The minimum absolute atomic E-state index is 0.00233. The fraction of sp³-hybridized carbons (Fsp3) is 0.562. The van der Waals surface area contributed by atoms with Crippen LogP contribution in [0.5, 0.6) is 0 Å². The number of hydrogen-bond donors (Lipinski definition) is 3. The van der Waals surface area contributed by atoms with Gasteiger partial charge in [0.2, 0.25) is 5.91 Å². The molecule has 3 aliphatic heterocycles. The summed E-state index contributed by atoms with van der Waals surface area (Å²) in [5.74, 6) is -1.12. The smallest absolute Gasteiger partial charge is 0.303 e. The van der Waals surface area contributed by atoms with E-state index in [-0.39, 0.29) is 37.6 Å². The number of aliphatic carboxylic acids is 1. The van der Waals surface area contributed by atoms with Crippen LogP contribution in [0.3, 0.4) is 0 Å². The summed E-state index contributed by atoms with van der Waals surface area (Å²) < 4.78 is 13.1. The van der Waals surface area contributed by atoms with Gasteiger partial charge < -0.3 is 29.9 Å². The number of carboxylic acid groups (broad SMARTS) is 1. The van der Waals surface area contributed by atoms with Gasteiger partial charge in [-0.1, -0.05) is 36.4 Å². The van der Waals surface area contributed by atoms with Crippen molar-refractivity contribution in [2.45, 2.75) is 82.5 Å². The van der Waals surface area contributed by atoms with Crippen molar-refractivity contribution in [1.82, 2.24) is 9.80 Å². The lowest BCUT2D eigenvalue weighted by Gasteiger charge is -2.39. The number of nitrogens with zero attached hydrogens (tertiary/aromatic N) is 2. The van der Waals surface area contributed by atoms with Crippen LogP contribution in [0.15, 0.2) is 48.5 Å². The minimum Gasteiger partial charge on any atom is -0.481 e. The SMILES string of the molecule is O=C(O)CCCC(=O)Nc1cccc([C@@H]2O[C@H](CN3CCC[C@H]3CN3CCCC3)C[C@H](c3ccc(CO)cc3)O2)c1. The molecular formula is C32H43N3O6. The van der Waals surface area contributed by atoms with Crippen LogP contribution in [-0.4, -0.2) is 76.8 Å². The molecule has 0 aliphatic carbocycles. The Hall–Kier alpha value is -2.82. The highest BCUT2D eigenvalue weighted by Crippen LogP contribution is 2.39. The first kappa shape index (κ1) is 29.7. The normalized spacial score (nSPS) is 25.4. The van der Waals surface area contributed by atoms with Crippen LogP contribution in [0.2, 0.25) is 0 Å². The van der Waals surface area contributed by atoms with Gasteiger partial charge in [0.05, 0.1) is 18.8 Å². The molecule has 222 valence electrons. The van der Waals surface area contributed by atoms with Crippen LogP contribution in [0.4, 0.5) is 5.69 Å². The van der Waals surface area contributed by atoms with Crippen LogP contribution >= 0.6 is 0 Å². The van der Waals surface area contributed by atoms with Crippen molar-refractivity contribution in [2.75, 3.05) is 38.0 Å². The second kappa shape index (κ2) is 14.4. The summed E-state index contributed by atoms with van der Waals surface area (Å²) in [6.45, 7) is 5.49. The zero-order valence-electron chi connectivity index (χ0n) is 23.7. The van der Waals surface area contributed by atoms with E-state index < -0.39 is 12.3 Å². The summed E-state index contributed by atoms with van der Waals surface area (Å²) in [7, 11) is 0. The van der Waals surface area contributed by atoms with E-state index in [0.717, 1.165) is 42.7 Å². The van der Waals surface area contributed by atoms with Gasteiger partial charge in [0, 0.05) is 49.6 Å². The number of carbonyl (C=O) groups excluding carboxylic acids is 1. The molecule has 3 heterocycles. The summed E-state index contributed by atoms with van der Waals surface area (Å²) in [5, 5.41) is 21.2. The third-order valence-electron chi connectivity index (χ3n) is 8.46. The first-order valence-electron chi connectivity index (χ1n) is 15.1. The molecule has 0 saturated carbocycles. The average Bonchev–Trinajstić information content (AvgIpc) is 3.65. The summed E-state index contributed by atoms with van der Waals surface area (Å²) >= 11 is 0. The molecule has 9 heteroatoms. The van der Waals surface area contributed by atoms with Crippen LogP contribution in [-0.2, 0) is 25.7 Å². The summed E-state index contributed by atoms with van der Waals surface area (Å²) in [6, 6.07) is 16.0. The number of nitrogens with one attached hydrogen (secondary N) is 1. The Morgan fingerprint density at radius 1 is 0.927 bits per heavy atom. The molecule has 3 N–H and O–H groups in total. The number of amides is 1. The zero-order chi connectivity index (χ0) is 28.6. The van der Waals surface area contributed by atoms with Gasteiger partial charge in [-0.2, -0.15) is 0 Å². The molecule has 41 heavy (non-hydrogen) atoms. The molecule has 0 bridgehead atoms. The molecule has 0 aromatic heterocycles. The molecule has 3 aliphatic rings. The molecule has 4 atom stereocenters. The molecule has 2 aromatic rings. The first-order chi connectivity index (χ1) is 20.0. The van der Waals surface area contributed by atoms with Gasteiger partial charge in [-0.15, -0.1) is 0 Å². The van der Waals surface area contributed by atoms with Gasteiger partial charge in [0.15, 0.2) is 6.29 Å². The molecule has 0 radical (unpaired) electrons. The zero-order valence-corrected chi connectivity index (χ0v) is 23.7. The van der Waals surface area contributed by atoms with Crippen molar-refractivity contribution >= 4 is 17.6 Å². The van der Waals surface area contributed by atoms with Crippen molar-refractivity contribution in [2.24, 2.45) is 0 Å². The number of anilines is 1. The molecule has 9 nitrogen and oxygen atoms in total. The van der Waals surface area contributed by atoms with Crippen molar-refractivity contribution in [3.8, 4) is 0 Å². The average molecular weight is 566 g/mol. The largest absolute Gasteiger partial charge is 0.481 e. The topological polar surface area (TPSA) is 112 Å². The van der Waals surface area contributed by atoms with E-state index in [1.165, 1.54) is 38.8 Å². The minimum atomic E-state index is -0.905. The van der Waals surface area contributed by atoms with E-state index in [0.29, 0.717) is 18.2 Å². The highest BCUT2D eigenvalue weighted by atomic mass is 16.7. The number of rotatable bonds is 12. The van der Waals surface area contributed by atoms with E-state index in [4.69, 9.17) is 14.6 Å². The van der Waals surface area contributed by atoms with Gasteiger partial charge in [-0.05, 0) is 75.0 Å². The molecule has 3 saturated heterocycles. The number of benzene rings is 2. The van der Waals surface area contributed by atoms with Crippen LogP contribution in [0, 0.1) is 0 Å². The molecule has 5 rings (SSSR count). The number of ether oxygens (including phenoxy) is 2. The highest BCUT2D eigenvalue weighted by molar-refractivity contribution is 5.90. The Morgan fingerprint density at radius 2 is 1.73 bits per heavy atom. The summed E-state index contributed by atoms with van der Waals surface area (Å²) in [6.07, 6.45) is 5.40. The standard InChI is InChI=1S/C32H43N3O6/c36-22-23-11-13-24(14-12-23)29-19-28(21-35-17-5-8-27(35)20-34-15-1-2-16-34)40-32(41-29)25-6-3-7-26(18-25)33-30(37)9-4-10-31(38)39/h3,6-7,11-14,18,27-29,32,36H,1-2,4-5,8-10,15-17,19-22H2,(H,33,37)(H,38,39)/t27-,28-,29+,32+/m0/s1. The number of carbonyl (C=O) groups is 2. The Balaban J connectivity index is 1.29. The first-order valence-corrected chi connectivity index (χ1v) is 15.1. The maximum Gasteiger partial charge on any atom is 0.303 e. The number of aliphatic hydroxyl groups is 1. The van der Waals surface area contributed by atoms with E-state index in [1.807, 2.05) is 48.5 Å². The van der Waals surface area contributed by atoms with Crippen molar-refractivity contribution in [1.29, 1.82) is 0 Å². The summed E-state index contributed by atoms with van der Waals surface area (Å²) in [5.41, 5.74) is 3.37. The fourth-order valence-electron chi connectivity index (χ4n) is 6.29. The number of aliphatic hydroxyl groups excluding tert-OH is 1. The maximum absolute atomic E-state index is 12.4. The lowest BCUT2D eigenvalue weighted by molar-refractivity contribution is -0.253. The van der Waals surface area contributed by atoms with Crippen LogP contribution in [0.25, 0.3) is 0 Å². The molecule has 0 unspecified atom stereocenters. The second-order valence-electron chi connectivity index (χ2n) is 11.6. The number of hydrogen-bond acceptors (Lipinski definition) is 7. The molecule has 3 fully saturated rings. The number of carboxylic acids is 1. The monoisotopic (exact) mass is 565 g/mol. The summed E-state index contributed by atoms with van der Waals surface area (Å²) in [4.78, 5) is 28.4.